The number of rotatable bonds is 3. The Labute approximate surface area is 105 Å². The Morgan fingerprint density at radius 1 is 1.44 bits per heavy atom. The van der Waals surface area contributed by atoms with Gasteiger partial charge in [-0.1, -0.05) is 6.07 Å². The number of benzene rings is 1. The Balaban J connectivity index is 3.04. The number of anilines is 1. The second-order valence-corrected chi connectivity index (χ2v) is 7.08. The molecule has 1 rings (SSSR count). The number of hydrogen-bond donors (Lipinski definition) is 1. The molecule has 0 spiro atoms. The van der Waals surface area contributed by atoms with Crippen LogP contribution in [0.25, 0.3) is 0 Å². The van der Waals surface area contributed by atoms with E-state index in [2.05, 4.69) is 9.90 Å². The lowest BCUT2D eigenvalue weighted by atomic mass is 10.2. The molecule has 0 aliphatic rings. The minimum Gasteiger partial charge on any atom is -0.316 e. The summed E-state index contributed by atoms with van der Waals surface area (Å²) in [6, 6.07) is 4.14. The first-order chi connectivity index (χ1) is 8.27. The third-order valence-electron chi connectivity index (χ3n) is 2.31. The lowest BCUT2D eigenvalue weighted by Gasteiger charge is -2.20. The van der Waals surface area contributed by atoms with Crippen molar-refractivity contribution in [1.29, 1.82) is 0 Å². The number of aryl methyl sites for hydroxylation is 1. The Hall–Kier alpha value is -1.96. The number of nitrogens with zero attached hydrogens (tertiary/aromatic N) is 2. The van der Waals surface area contributed by atoms with Crippen molar-refractivity contribution in [2.45, 2.75) is 6.92 Å². The van der Waals surface area contributed by atoms with Crippen LogP contribution in [-0.2, 0) is 0 Å². The van der Waals surface area contributed by atoms with E-state index in [1.165, 1.54) is 30.7 Å². The highest BCUT2D eigenvalue weighted by atomic mass is 32.3. The molecule has 0 bridgehead atoms. The summed E-state index contributed by atoms with van der Waals surface area (Å²) < 4.78 is 2.79. The largest absolute Gasteiger partial charge is 0.316 e. The first-order valence-electron chi connectivity index (χ1n) is 4.92. The molecule has 0 aliphatic heterocycles. The van der Waals surface area contributed by atoms with E-state index in [1.54, 1.807) is 6.92 Å². The van der Waals surface area contributed by atoms with Crippen molar-refractivity contribution in [2.75, 3.05) is 17.8 Å². The van der Waals surface area contributed by atoms with E-state index in [0.29, 0.717) is 11.3 Å². The van der Waals surface area contributed by atoms with E-state index < -0.39 is 20.4 Å². The van der Waals surface area contributed by atoms with E-state index in [-0.39, 0.29) is 5.69 Å². The smallest absolute Gasteiger partial charge is 0.287 e. The van der Waals surface area contributed by atoms with Gasteiger partial charge in [0.15, 0.2) is 0 Å². The third kappa shape index (κ3) is 3.04. The summed E-state index contributed by atoms with van der Waals surface area (Å²) in [5, 5.41) is 12.6. The highest BCUT2D eigenvalue weighted by molar-refractivity contribution is 8.43. The lowest BCUT2D eigenvalue weighted by Crippen LogP contribution is -2.16. The first kappa shape index (κ1) is 14.1. The van der Waals surface area contributed by atoms with E-state index in [1.807, 2.05) is 0 Å². The Morgan fingerprint density at radius 3 is 2.56 bits per heavy atom. The van der Waals surface area contributed by atoms with Crippen LogP contribution in [-0.4, -0.2) is 22.7 Å². The molecule has 0 saturated carbocycles. The third-order valence-corrected chi connectivity index (χ3v) is 3.69. The van der Waals surface area contributed by atoms with Crippen LogP contribution in [0.2, 0.25) is 0 Å². The second kappa shape index (κ2) is 5.13. The van der Waals surface area contributed by atoms with Crippen molar-refractivity contribution in [3.63, 3.8) is 0 Å². The normalized spacial score (nSPS) is 11.7. The van der Waals surface area contributed by atoms with Crippen molar-refractivity contribution in [2.24, 2.45) is 4.58 Å². The van der Waals surface area contributed by atoms with E-state index in [0.717, 1.165) is 0 Å². The van der Waals surface area contributed by atoms with Gasteiger partial charge in [0, 0.05) is 12.1 Å². The number of carbonyl (C=O) groups excluding carboxylic acids is 1. The Morgan fingerprint density at radius 2 is 2.06 bits per heavy atom. The lowest BCUT2D eigenvalue weighted by molar-refractivity contribution is -0.384. The van der Waals surface area contributed by atoms with Gasteiger partial charge in [0.1, 0.15) is 0 Å². The molecule has 1 amide bonds. The first-order valence-corrected chi connectivity index (χ1v) is 7.32. The van der Waals surface area contributed by atoms with Gasteiger partial charge in [0.25, 0.3) is 10.9 Å². The molecule has 0 radical (unpaired) electrons. The summed E-state index contributed by atoms with van der Waals surface area (Å²) in [6.07, 6.45) is 2.89. The fourth-order valence-electron chi connectivity index (χ4n) is 1.13. The zero-order valence-electron chi connectivity index (χ0n) is 10.2. The highest BCUT2D eigenvalue weighted by Crippen LogP contribution is 2.43. The maximum absolute atomic E-state index is 11.8. The second-order valence-electron chi connectivity index (χ2n) is 4.02. The highest BCUT2D eigenvalue weighted by Gasteiger charge is 2.23. The SMILES string of the molecule is Cc1ccc([N+](=O)[O-])cc1NC(=O)S(C)(C)N=O. The van der Waals surface area contributed by atoms with Crippen molar-refractivity contribution in [3.8, 4) is 0 Å². The van der Waals surface area contributed by atoms with Gasteiger partial charge in [-0.25, -0.2) is 0 Å². The molecule has 0 saturated heterocycles. The monoisotopic (exact) mass is 271 g/mol. The zero-order chi connectivity index (χ0) is 13.9. The average Bonchev–Trinajstić information content (AvgIpc) is 2.31. The average molecular weight is 271 g/mol. The zero-order valence-corrected chi connectivity index (χ0v) is 11.0. The minimum atomic E-state index is -2.30. The molecule has 8 heteroatoms. The number of non-ortho nitro benzene ring substituents is 1. The quantitative estimate of drug-likeness (QED) is 0.518. The van der Waals surface area contributed by atoms with Gasteiger partial charge in [-0.3, -0.25) is 14.9 Å². The van der Waals surface area contributed by atoms with Gasteiger partial charge >= 0.3 is 0 Å². The van der Waals surface area contributed by atoms with Crippen LogP contribution in [0.1, 0.15) is 5.56 Å². The van der Waals surface area contributed by atoms with Crippen molar-refractivity contribution in [1.82, 2.24) is 0 Å². The summed E-state index contributed by atoms with van der Waals surface area (Å²) in [4.78, 5) is 32.4. The number of carbonyl (C=O) groups is 1. The molecule has 18 heavy (non-hydrogen) atoms. The number of nitro groups is 1. The Bertz CT molecular complexity index is 516. The molecule has 0 fully saturated rings. The summed E-state index contributed by atoms with van der Waals surface area (Å²) in [5.74, 6) is 0. The number of amides is 1. The number of nitrogens with one attached hydrogen (secondary N) is 1. The minimum absolute atomic E-state index is 0.122. The molecule has 0 aliphatic carbocycles. The fraction of sp³-hybridized carbons (Fsp3) is 0.300. The van der Waals surface area contributed by atoms with Crippen LogP contribution in [0.5, 0.6) is 0 Å². The summed E-state index contributed by atoms with van der Waals surface area (Å²) in [7, 11) is -2.30. The molecule has 1 N–H and O–H groups in total. The van der Waals surface area contributed by atoms with Gasteiger partial charge in [-0.15, -0.1) is 4.91 Å². The molecule has 0 aromatic heterocycles. The van der Waals surface area contributed by atoms with Crippen molar-refractivity contribution >= 4 is 26.8 Å². The molecule has 1 aromatic carbocycles. The number of hydrogen-bond acceptors (Lipinski definition) is 5. The van der Waals surface area contributed by atoms with Crippen LogP contribution in [0.4, 0.5) is 16.2 Å². The van der Waals surface area contributed by atoms with E-state index in [9.17, 15) is 19.8 Å². The van der Waals surface area contributed by atoms with Crippen LogP contribution < -0.4 is 5.32 Å². The predicted molar refractivity (Wildman–Crippen MR) is 72.1 cm³/mol. The Kier molecular flexibility index (Phi) is 4.02. The van der Waals surface area contributed by atoms with E-state index in [4.69, 9.17) is 0 Å². The molecule has 98 valence electrons. The number of nitroso groups, excluding NO2 is 1. The standard InChI is InChI=1S/C10H13N3O4S/c1-7-4-5-8(13(16)17)6-9(7)11-10(14)18(2,3)12-15/h4-6H,1-3H3,(H,11,14). The molecular formula is C10H13N3O4S. The van der Waals surface area contributed by atoms with Gasteiger partial charge in [0.2, 0.25) is 0 Å². The molecule has 1 aromatic rings. The van der Waals surface area contributed by atoms with Gasteiger partial charge in [0.05, 0.1) is 10.6 Å². The molecule has 0 atom stereocenters. The van der Waals surface area contributed by atoms with Gasteiger partial charge in [-0.2, -0.15) is 0 Å². The number of nitro benzene ring substituents is 1. The van der Waals surface area contributed by atoms with Crippen LogP contribution in [0.15, 0.2) is 22.8 Å². The maximum Gasteiger partial charge on any atom is 0.287 e. The van der Waals surface area contributed by atoms with Crippen LogP contribution >= 0.6 is 10.2 Å². The topological polar surface area (TPSA) is 102 Å². The fourth-order valence-corrected chi connectivity index (χ4v) is 1.55. The molecule has 7 nitrogen and oxygen atoms in total. The van der Waals surface area contributed by atoms with Crippen LogP contribution in [0, 0.1) is 21.9 Å². The molecule has 0 heterocycles. The molecule has 0 unspecified atom stereocenters. The van der Waals surface area contributed by atoms with Gasteiger partial charge in [-0.05, 0) is 39.8 Å². The van der Waals surface area contributed by atoms with Gasteiger partial charge < -0.3 is 5.32 Å². The van der Waals surface area contributed by atoms with Crippen LogP contribution in [0.3, 0.4) is 0 Å². The van der Waals surface area contributed by atoms with Crippen molar-refractivity contribution in [3.05, 3.63) is 38.8 Å². The molecular weight excluding hydrogens is 258 g/mol. The summed E-state index contributed by atoms with van der Waals surface area (Å²) in [6.45, 7) is 1.70. The summed E-state index contributed by atoms with van der Waals surface area (Å²) in [5.41, 5.74) is 0.872. The predicted octanol–water partition coefficient (Wildman–Crippen LogP) is 3.18. The maximum atomic E-state index is 11.8. The summed E-state index contributed by atoms with van der Waals surface area (Å²) >= 11 is 0. The van der Waals surface area contributed by atoms with E-state index >= 15 is 0 Å². The van der Waals surface area contributed by atoms with Crippen molar-refractivity contribution < 1.29 is 9.72 Å².